The van der Waals surface area contributed by atoms with Crippen LogP contribution in [0.2, 0.25) is 10.0 Å². The van der Waals surface area contributed by atoms with Gasteiger partial charge in [0.2, 0.25) is 0 Å². The Hall–Kier alpha value is -1.42. The molecule has 0 spiro atoms. The Morgan fingerprint density at radius 1 is 1.14 bits per heavy atom. The lowest BCUT2D eigenvalue weighted by Gasteiger charge is -2.05. The minimum Gasteiger partial charge on any atom is -0.478 e. The molecule has 108 valence electrons. The highest BCUT2D eigenvalue weighted by Crippen LogP contribution is 2.32. The molecule has 21 heavy (non-hydrogen) atoms. The smallest absolute Gasteiger partial charge is 0.328 e. The molecule has 0 fully saturated rings. The molecule has 2 rings (SSSR count). The van der Waals surface area contributed by atoms with Gasteiger partial charge in [0.25, 0.3) is 0 Å². The molecule has 5 heteroatoms. The number of carboxylic acids is 1. The molecule has 0 aliphatic heterocycles. The van der Waals surface area contributed by atoms with Crippen molar-refractivity contribution in [2.45, 2.75) is 10.6 Å². The first-order valence-electron chi connectivity index (χ1n) is 6.12. The summed E-state index contributed by atoms with van der Waals surface area (Å²) in [5, 5.41) is 9.92. The van der Waals surface area contributed by atoms with Crippen LogP contribution in [0.4, 0.5) is 0 Å². The predicted molar refractivity (Wildman–Crippen MR) is 89.1 cm³/mol. The zero-order valence-corrected chi connectivity index (χ0v) is 13.3. The van der Waals surface area contributed by atoms with Crippen molar-refractivity contribution in [3.8, 4) is 0 Å². The van der Waals surface area contributed by atoms with Crippen molar-refractivity contribution >= 4 is 47.0 Å². The number of carbonyl (C=O) groups is 1. The van der Waals surface area contributed by atoms with Gasteiger partial charge in [0, 0.05) is 21.7 Å². The van der Waals surface area contributed by atoms with Crippen LogP contribution < -0.4 is 0 Å². The van der Waals surface area contributed by atoms with Gasteiger partial charge >= 0.3 is 5.97 Å². The fraction of sp³-hybridized carbons (Fsp3) is 0.0625. The van der Waals surface area contributed by atoms with Crippen LogP contribution in [0.5, 0.6) is 0 Å². The van der Waals surface area contributed by atoms with Crippen LogP contribution in [-0.4, -0.2) is 11.1 Å². The minimum atomic E-state index is -0.953. The second kappa shape index (κ2) is 7.55. The Morgan fingerprint density at radius 3 is 2.52 bits per heavy atom. The lowest BCUT2D eigenvalue weighted by molar-refractivity contribution is -0.131. The number of hydrogen-bond acceptors (Lipinski definition) is 2. The molecule has 0 amide bonds. The summed E-state index contributed by atoms with van der Waals surface area (Å²) in [5.41, 5.74) is 1.98. The number of hydrogen-bond donors (Lipinski definition) is 1. The van der Waals surface area contributed by atoms with Gasteiger partial charge in [-0.05, 0) is 35.4 Å². The Morgan fingerprint density at radius 2 is 1.86 bits per heavy atom. The van der Waals surface area contributed by atoms with E-state index in [1.54, 1.807) is 30.0 Å². The molecule has 0 heterocycles. The third-order valence-corrected chi connectivity index (χ3v) is 4.49. The Kier molecular flexibility index (Phi) is 5.74. The standard InChI is InChI=1S/C16H12Cl2O2S/c17-13-6-7-14(18)15(9-13)21-10-12-3-1-11(2-4-12)5-8-16(19)20/h1-9H,10H2,(H,19,20). The van der Waals surface area contributed by atoms with E-state index in [2.05, 4.69) is 0 Å². The van der Waals surface area contributed by atoms with Crippen molar-refractivity contribution in [1.82, 2.24) is 0 Å². The summed E-state index contributed by atoms with van der Waals surface area (Å²) < 4.78 is 0. The van der Waals surface area contributed by atoms with Crippen LogP contribution in [0.1, 0.15) is 11.1 Å². The average Bonchev–Trinajstić information content (AvgIpc) is 2.47. The van der Waals surface area contributed by atoms with Crippen molar-refractivity contribution < 1.29 is 9.90 Å². The van der Waals surface area contributed by atoms with E-state index in [-0.39, 0.29) is 0 Å². The third-order valence-electron chi connectivity index (χ3n) is 2.69. The topological polar surface area (TPSA) is 37.3 Å². The van der Waals surface area contributed by atoms with E-state index < -0.39 is 5.97 Å². The van der Waals surface area contributed by atoms with E-state index in [9.17, 15) is 4.79 Å². The van der Waals surface area contributed by atoms with Gasteiger partial charge in [-0.3, -0.25) is 0 Å². The zero-order chi connectivity index (χ0) is 15.2. The van der Waals surface area contributed by atoms with Crippen LogP contribution in [0.25, 0.3) is 6.08 Å². The second-order valence-electron chi connectivity index (χ2n) is 4.28. The maximum atomic E-state index is 10.4. The van der Waals surface area contributed by atoms with Crippen molar-refractivity contribution in [2.24, 2.45) is 0 Å². The summed E-state index contributed by atoms with van der Waals surface area (Å²) in [6.07, 6.45) is 2.68. The Bertz CT molecular complexity index is 666. The maximum Gasteiger partial charge on any atom is 0.328 e. The highest BCUT2D eigenvalue weighted by Gasteiger charge is 2.03. The second-order valence-corrected chi connectivity index (χ2v) is 6.14. The van der Waals surface area contributed by atoms with E-state index in [1.807, 2.05) is 30.3 Å². The number of rotatable bonds is 5. The molecule has 0 aliphatic rings. The van der Waals surface area contributed by atoms with Crippen molar-refractivity contribution in [2.75, 3.05) is 0 Å². The minimum absolute atomic E-state index is 0.663. The molecule has 2 nitrogen and oxygen atoms in total. The molecule has 2 aromatic carbocycles. The van der Waals surface area contributed by atoms with E-state index in [4.69, 9.17) is 28.3 Å². The molecule has 0 radical (unpaired) electrons. The summed E-state index contributed by atoms with van der Waals surface area (Å²) >= 11 is 13.7. The molecule has 2 aromatic rings. The molecular formula is C16H12Cl2O2S. The first kappa shape index (κ1) is 16.0. The van der Waals surface area contributed by atoms with Crippen molar-refractivity contribution in [3.63, 3.8) is 0 Å². The van der Waals surface area contributed by atoms with Gasteiger partial charge in [-0.25, -0.2) is 4.79 Å². The lowest BCUT2D eigenvalue weighted by atomic mass is 10.1. The summed E-state index contributed by atoms with van der Waals surface area (Å²) in [6.45, 7) is 0. The number of carboxylic acid groups (broad SMARTS) is 1. The Labute approximate surface area is 137 Å². The van der Waals surface area contributed by atoms with Gasteiger partial charge in [-0.2, -0.15) is 0 Å². The van der Waals surface area contributed by atoms with Gasteiger partial charge in [-0.1, -0.05) is 47.5 Å². The van der Waals surface area contributed by atoms with E-state index in [0.29, 0.717) is 10.0 Å². The molecule has 0 saturated heterocycles. The number of thioether (sulfide) groups is 1. The quantitative estimate of drug-likeness (QED) is 0.587. The lowest BCUT2D eigenvalue weighted by Crippen LogP contribution is -1.86. The van der Waals surface area contributed by atoms with Crippen molar-refractivity contribution in [1.29, 1.82) is 0 Å². The van der Waals surface area contributed by atoms with Gasteiger partial charge in [-0.15, -0.1) is 11.8 Å². The molecule has 1 N–H and O–H groups in total. The molecule has 0 aromatic heterocycles. The largest absolute Gasteiger partial charge is 0.478 e. The van der Waals surface area contributed by atoms with Crippen LogP contribution in [0.3, 0.4) is 0 Å². The summed E-state index contributed by atoms with van der Waals surface area (Å²) in [5.74, 6) is -0.187. The summed E-state index contributed by atoms with van der Waals surface area (Å²) in [6, 6.07) is 13.1. The number of benzene rings is 2. The first-order chi connectivity index (χ1) is 10.0. The highest BCUT2D eigenvalue weighted by molar-refractivity contribution is 7.98. The van der Waals surface area contributed by atoms with Crippen molar-refractivity contribution in [3.05, 3.63) is 69.7 Å². The Balaban J connectivity index is 2.00. The molecule has 0 unspecified atom stereocenters. The molecule has 0 saturated carbocycles. The fourth-order valence-corrected chi connectivity index (χ4v) is 3.09. The molecule has 0 bridgehead atoms. The monoisotopic (exact) mass is 338 g/mol. The summed E-state index contributed by atoms with van der Waals surface area (Å²) in [7, 11) is 0. The normalized spacial score (nSPS) is 11.0. The van der Waals surface area contributed by atoms with E-state index >= 15 is 0 Å². The van der Waals surface area contributed by atoms with Gasteiger partial charge in [0.05, 0.1) is 5.02 Å². The zero-order valence-electron chi connectivity index (χ0n) is 10.9. The highest BCUT2D eigenvalue weighted by atomic mass is 35.5. The van der Waals surface area contributed by atoms with E-state index in [1.165, 1.54) is 0 Å². The van der Waals surface area contributed by atoms with Crippen LogP contribution in [0.15, 0.2) is 53.4 Å². The number of aliphatic carboxylic acids is 1. The molecular weight excluding hydrogens is 327 g/mol. The summed E-state index contributed by atoms with van der Waals surface area (Å²) in [4.78, 5) is 11.4. The first-order valence-corrected chi connectivity index (χ1v) is 7.86. The SMILES string of the molecule is O=C(O)C=Cc1ccc(CSc2cc(Cl)ccc2Cl)cc1. The van der Waals surface area contributed by atoms with Crippen LogP contribution >= 0.6 is 35.0 Å². The fourth-order valence-electron chi connectivity index (χ4n) is 1.64. The third kappa shape index (κ3) is 5.12. The maximum absolute atomic E-state index is 10.4. The van der Waals surface area contributed by atoms with Gasteiger partial charge in [0.1, 0.15) is 0 Å². The molecule has 0 aliphatic carbocycles. The van der Waals surface area contributed by atoms with E-state index in [0.717, 1.165) is 27.9 Å². The predicted octanol–water partition coefficient (Wildman–Crippen LogP) is 5.38. The van der Waals surface area contributed by atoms with Crippen LogP contribution in [0, 0.1) is 0 Å². The molecule has 0 atom stereocenters. The van der Waals surface area contributed by atoms with Gasteiger partial charge < -0.3 is 5.11 Å². The van der Waals surface area contributed by atoms with Gasteiger partial charge in [0.15, 0.2) is 0 Å². The average molecular weight is 339 g/mol. The number of halogens is 2. The van der Waals surface area contributed by atoms with Crippen LogP contribution in [-0.2, 0) is 10.5 Å².